The van der Waals surface area contributed by atoms with Crippen LogP contribution in [0, 0.1) is 0 Å². The summed E-state index contributed by atoms with van der Waals surface area (Å²) in [6.07, 6.45) is -0.416. The molecule has 11 heteroatoms. The average Bonchev–Trinajstić information content (AvgIpc) is 2.88. The third kappa shape index (κ3) is 14.8. The molecule has 2 saturated heterocycles. The predicted octanol–water partition coefficient (Wildman–Crippen LogP) is 7.54. The van der Waals surface area contributed by atoms with E-state index in [4.69, 9.17) is 9.47 Å². The molecule has 41 heavy (non-hydrogen) atoms. The van der Waals surface area contributed by atoms with Gasteiger partial charge in [-0.05, 0) is 77.9 Å². The Labute approximate surface area is 270 Å². The van der Waals surface area contributed by atoms with Crippen LogP contribution >= 0.6 is 47.8 Å². The van der Waals surface area contributed by atoms with Gasteiger partial charge in [-0.15, -0.1) is 0 Å². The van der Waals surface area contributed by atoms with E-state index < -0.39 is 5.60 Å². The first-order valence-corrected chi connectivity index (χ1v) is 16.1. The number of piperazine rings is 2. The number of benzene rings is 2. The molecular formula is C30H43Br3N4O4. The summed E-state index contributed by atoms with van der Waals surface area (Å²) in [5.74, 6) is 0. The second-order valence-electron chi connectivity index (χ2n) is 11.6. The van der Waals surface area contributed by atoms with E-state index in [0.717, 1.165) is 52.7 Å². The number of carbonyl (C=O) groups is 2. The Hall–Kier alpha value is -1.82. The van der Waals surface area contributed by atoms with E-state index in [1.54, 1.807) is 9.80 Å². The van der Waals surface area contributed by atoms with E-state index >= 15 is 0 Å². The van der Waals surface area contributed by atoms with E-state index in [1.165, 1.54) is 5.69 Å². The molecule has 0 saturated carbocycles. The SMILES string of the molecule is Brc1cccc(Br)c1.CC(C)(C)OC(=O)N1CCN(c2cccc(Br)c2)CC1.CC(C)(C)OC(=O)N1CCNCC1. The number of nitrogens with one attached hydrogen (secondary N) is 1. The lowest BCUT2D eigenvalue weighted by molar-refractivity contribution is 0.0223. The summed E-state index contributed by atoms with van der Waals surface area (Å²) in [4.78, 5) is 29.3. The molecule has 4 rings (SSSR count). The van der Waals surface area contributed by atoms with Crippen LogP contribution in [0.2, 0.25) is 0 Å². The summed E-state index contributed by atoms with van der Waals surface area (Å²) in [5.41, 5.74) is 0.365. The molecule has 0 bridgehead atoms. The van der Waals surface area contributed by atoms with Crippen molar-refractivity contribution in [3.8, 4) is 0 Å². The maximum Gasteiger partial charge on any atom is 0.410 e. The van der Waals surface area contributed by atoms with Crippen molar-refractivity contribution >= 4 is 65.7 Å². The highest BCUT2D eigenvalue weighted by atomic mass is 79.9. The lowest BCUT2D eigenvalue weighted by Gasteiger charge is -2.36. The van der Waals surface area contributed by atoms with Gasteiger partial charge in [0.1, 0.15) is 11.2 Å². The summed E-state index contributed by atoms with van der Waals surface area (Å²) >= 11 is 10.1. The fourth-order valence-corrected chi connectivity index (χ4v) is 5.27. The van der Waals surface area contributed by atoms with Crippen LogP contribution in [0.25, 0.3) is 0 Å². The number of hydrogen-bond donors (Lipinski definition) is 1. The highest BCUT2D eigenvalue weighted by Crippen LogP contribution is 2.22. The predicted molar refractivity (Wildman–Crippen MR) is 177 cm³/mol. The van der Waals surface area contributed by atoms with Gasteiger partial charge in [-0.25, -0.2) is 9.59 Å². The van der Waals surface area contributed by atoms with Gasteiger partial charge >= 0.3 is 12.2 Å². The molecule has 2 aliphatic heterocycles. The van der Waals surface area contributed by atoms with Crippen molar-refractivity contribution in [2.24, 2.45) is 0 Å². The molecule has 228 valence electrons. The minimum atomic E-state index is -0.432. The molecule has 0 unspecified atom stereocenters. The zero-order valence-electron chi connectivity index (χ0n) is 24.9. The van der Waals surface area contributed by atoms with Crippen LogP contribution in [0.5, 0.6) is 0 Å². The molecule has 0 spiro atoms. The molecule has 0 aliphatic carbocycles. The van der Waals surface area contributed by atoms with Crippen molar-refractivity contribution in [1.82, 2.24) is 15.1 Å². The molecule has 2 heterocycles. The first-order valence-electron chi connectivity index (χ1n) is 13.7. The Morgan fingerprint density at radius 1 is 0.659 bits per heavy atom. The van der Waals surface area contributed by atoms with Crippen molar-refractivity contribution < 1.29 is 19.1 Å². The largest absolute Gasteiger partial charge is 0.444 e. The smallest absolute Gasteiger partial charge is 0.410 e. The van der Waals surface area contributed by atoms with E-state index in [1.807, 2.05) is 77.9 Å². The van der Waals surface area contributed by atoms with Crippen LogP contribution in [0.15, 0.2) is 61.9 Å². The van der Waals surface area contributed by atoms with E-state index in [9.17, 15) is 9.59 Å². The molecule has 0 atom stereocenters. The third-order valence-corrected chi connectivity index (χ3v) is 7.14. The van der Waals surface area contributed by atoms with E-state index in [2.05, 4.69) is 70.1 Å². The summed E-state index contributed by atoms with van der Waals surface area (Å²) < 4.78 is 13.9. The molecule has 2 aromatic carbocycles. The minimum Gasteiger partial charge on any atom is -0.444 e. The quantitative estimate of drug-likeness (QED) is 0.324. The lowest BCUT2D eigenvalue weighted by Crippen LogP contribution is -2.50. The van der Waals surface area contributed by atoms with Crippen LogP contribution in [0.4, 0.5) is 15.3 Å². The van der Waals surface area contributed by atoms with Crippen LogP contribution < -0.4 is 10.2 Å². The third-order valence-electron chi connectivity index (χ3n) is 5.66. The Morgan fingerprint density at radius 2 is 1.07 bits per heavy atom. The van der Waals surface area contributed by atoms with Gasteiger partial charge in [-0.3, -0.25) is 0 Å². The summed E-state index contributed by atoms with van der Waals surface area (Å²) in [7, 11) is 0. The lowest BCUT2D eigenvalue weighted by atomic mass is 10.2. The van der Waals surface area contributed by atoms with Gasteiger partial charge in [0, 0.05) is 71.5 Å². The summed E-state index contributed by atoms with van der Waals surface area (Å²) in [6, 6.07) is 16.2. The van der Waals surface area contributed by atoms with E-state index in [0.29, 0.717) is 13.1 Å². The standard InChI is InChI=1S/C15H21BrN2O2.C9H18N2O2.C6H4Br2/c1-15(2,3)20-14(19)18-9-7-17(8-10-18)13-6-4-5-12(16)11-13;1-9(2,3)13-8(12)11-6-4-10-5-7-11;7-5-2-1-3-6(8)4-5/h4-6,11H,7-10H2,1-3H3;10H,4-7H2,1-3H3;1-4H. The van der Waals surface area contributed by atoms with Gasteiger partial charge in [-0.1, -0.05) is 59.9 Å². The number of ether oxygens (including phenoxy) is 2. The number of halogens is 3. The molecule has 1 N–H and O–H groups in total. The van der Waals surface area contributed by atoms with Crippen molar-refractivity contribution in [2.75, 3.05) is 57.3 Å². The minimum absolute atomic E-state index is 0.200. The Morgan fingerprint density at radius 3 is 1.46 bits per heavy atom. The maximum atomic E-state index is 12.0. The summed E-state index contributed by atoms with van der Waals surface area (Å²) in [6.45, 7) is 17.6. The fraction of sp³-hybridized carbons (Fsp3) is 0.533. The number of rotatable bonds is 1. The number of nitrogens with zero attached hydrogens (tertiary/aromatic N) is 3. The Bertz CT molecular complexity index is 1090. The van der Waals surface area contributed by atoms with Crippen molar-refractivity contribution in [3.05, 3.63) is 61.9 Å². The Kier molecular flexibility index (Phi) is 14.4. The zero-order chi connectivity index (χ0) is 30.6. The molecule has 0 radical (unpaired) electrons. The normalized spacial score (nSPS) is 15.6. The van der Waals surface area contributed by atoms with Gasteiger partial charge in [0.25, 0.3) is 0 Å². The van der Waals surface area contributed by atoms with Gasteiger partial charge < -0.3 is 29.5 Å². The van der Waals surface area contributed by atoms with Gasteiger partial charge in [-0.2, -0.15) is 0 Å². The molecule has 2 aromatic rings. The maximum absolute atomic E-state index is 12.0. The van der Waals surface area contributed by atoms with Crippen LogP contribution in [0.1, 0.15) is 41.5 Å². The number of anilines is 1. The van der Waals surface area contributed by atoms with Crippen molar-refractivity contribution in [3.63, 3.8) is 0 Å². The first kappa shape index (κ1) is 35.4. The molecule has 2 fully saturated rings. The average molecular weight is 763 g/mol. The van der Waals surface area contributed by atoms with E-state index in [-0.39, 0.29) is 17.8 Å². The highest BCUT2D eigenvalue weighted by Gasteiger charge is 2.26. The molecule has 2 amide bonds. The van der Waals surface area contributed by atoms with Crippen LogP contribution in [-0.2, 0) is 9.47 Å². The first-order chi connectivity index (χ1) is 19.1. The number of hydrogen-bond acceptors (Lipinski definition) is 6. The highest BCUT2D eigenvalue weighted by molar-refractivity contribution is 9.11. The molecule has 8 nitrogen and oxygen atoms in total. The molecule has 0 aromatic heterocycles. The topological polar surface area (TPSA) is 74.4 Å². The second kappa shape index (κ2) is 16.7. The Balaban J connectivity index is 0.000000239. The zero-order valence-corrected chi connectivity index (χ0v) is 29.6. The number of amides is 2. The van der Waals surface area contributed by atoms with Gasteiger partial charge in [0.2, 0.25) is 0 Å². The van der Waals surface area contributed by atoms with Gasteiger partial charge in [0.05, 0.1) is 0 Å². The number of carbonyl (C=O) groups excluding carboxylic acids is 2. The summed E-state index contributed by atoms with van der Waals surface area (Å²) in [5, 5.41) is 3.18. The van der Waals surface area contributed by atoms with Crippen molar-refractivity contribution in [1.29, 1.82) is 0 Å². The fourth-order valence-electron chi connectivity index (χ4n) is 3.78. The monoisotopic (exact) mass is 760 g/mol. The van der Waals surface area contributed by atoms with Crippen LogP contribution in [-0.4, -0.2) is 85.5 Å². The van der Waals surface area contributed by atoms with Gasteiger partial charge in [0.15, 0.2) is 0 Å². The van der Waals surface area contributed by atoms with Crippen LogP contribution in [0.3, 0.4) is 0 Å². The molecular weight excluding hydrogens is 720 g/mol. The van der Waals surface area contributed by atoms with Crippen molar-refractivity contribution in [2.45, 2.75) is 52.7 Å². The second-order valence-corrected chi connectivity index (χ2v) is 14.3. The molecule has 2 aliphatic rings.